The van der Waals surface area contributed by atoms with E-state index in [0.29, 0.717) is 12.0 Å². The molecule has 3 nitrogen and oxygen atoms in total. The molecule has 2 fully saturated rings. The van der Waals surface area contributed by atoms with Crippen molar-refractivity contribution in [1.29, 1.82) is 0 Å². The van der Waals surface area contributed by atoms with Gasteiger partial charge in [-0.1, -0.05) is 20.3 Å². The third kappa shape index (κ3) is 3.67. The van der Waals surface area contributed by atoms with Gasteiger partial charge in [-0.15, -0.1) is 0 Å². The standard InChI is InChI=1S/C14H28N2O/c1-3-5-12-6-7-16(8-12)9-13-10-17-11-14(13)15-4-2/h12-15H,3-11H2,1-2H3. The van der Waals surface area contributed by atoms with Crippen LogP contribution >= 0.6 is 0 Å². The summed E-state index contributed by atoms with van der Waals surface area (Å²) in [7, 11) is 0. The van der Waals surface area contributed by atoms with Gasteiger partial charge in [-0.3, -0.25) is 0 Å². The second-order valence-corrected chi connectivity index (χ2v) is 5.66. The van der Waals surface area contributed by atoms with E-state index in [1.807, 2.05) is 0 Å². The number of nitrogens with one attached hydrogen (secondary N) is 1. The summed E-state index contributed by atoms with van der Waals surface area (Å²) in [4.78, 5) is 2.66. The summed E-state index contributed by atoms with van der Waals surface area (Å²) in [5, 5.41) is 3.55. The van der Waals surface area contributed by atoms with Crippen LogP contribution in [0.15, 0.2) is 0 Å². The fourth-order valence-corrected chi connectivity index (χ4v) is 3.32. The zero-order valence-corrected chi connectivity index (χ0v) is 11.5. The second-order valence-electron chi connectivity index (χ2n) is 5.66. The van der Waals surface area contributed by atoms with E-state index in [-0.39, 0.29) is 0 Å². The average Bonchev–Trinajstić information content (AvgIpc) is 2.91. The molecule has 2 aliphatic heterocycles. The average molecular weight is 240 g/mol. The van der Waals surface area contributed by atoms with E-state index >= 15 is 0 Å². The molecule has 0 spiro atoms. The van der Waals surface area contributed by atoms with Gasteiger partial charge in [0, 0.05) is 25.0 Å². The zero-order chi connectivity index (χ0) is 12.1. The van der Waals surface area contributed by atoms with Crippen molar-refractivity contribution in [2.45, 2.75) is 39.2 Å². The highest BCUT2D eigenvalue weighted by atomic mass is 16.5. The Bertz CT molecular complexity index is 222. The Hall–Kier alpha value is -0.120. The van der Waals surface area contributed by atoms with E-state index in [9.17, 15) is 0 Å². The Kier molecular flexibility index (Phi) is 5.26. The van der Waals surface area contributed by atoms with E-state index in [1.165, 1.54) is 38.9 Å². The van der Waals surface area contributed by atoms with Crippen LogP contribution in [0.4, 0.5) is 0 Å². The number of ether oxygens (including phenoxy) is 1. The van der Waals surface area contributed by atoms with Crippen molar-refractivity contribution >= 4 is 0 Å². The first kappa shape index (κ1) is 13.3. The molecule has 2 aliphatic rings. The highest BCUT2D eigenvalue weighted by Crippen LogP contribution is 2.23. The molecule has 0 radical (unpaired) electrons. The van der Waals surface area contributed by atoms with E-state index in [2.05, 4.69) is 24.1 Å². The molecule has 2 saturated heterocycles. The lowest BCUT2D eigenvalue weighted by molar-refractivity contribution is 0.172. The Balaban J connectivity index is 1.73. The molecule has 2 heterocycles. The van der Waals surface area contributed by atoms with Crippen molar-refractivity contribution in [1.82, 2.24) is 10.2 Å². The van der Waals surface area contributed by atoms with E-state index < -0.39 is 0 Å². The lowest BCUT2D eigenvalue weighted by Gasteiger charge is -2.24. The quantitative estimate of drug-likeness (QED) is 0.765. The smallest absolute Gasteiger partial charge is 0.0623 e. The van der Waals surface area contributed by atoms with Crippen LogP contribution in [0.3, 0.4) is 0 Å². The Morgan fingerprint density at radius 1 is 1.29 bits per heavy atom. The molecule has 0 aromatic heterocycles. The predicted octanol–water partition coefficient (Wildman–Crippen LogP) is 1.73. The van der Waals surface area contributed by atoms with Crippen LogP contribution in [-0.2, 0) is 4.74 Å². The molecule has 17 heavy (non-hydrogen) atoms. The SMILES string of the molecule is CCCC1CCN(CC2COCC2NCC)C1. The number of likely N-dealkylation sites (tertiary alicyclic amines) is 1. The van der Waals surface area contributed by atoms with Crippen molar-refractivity contribution < 1.29 is 4.74 Å². The van der Waals surface area contributed by atoms with Crippen molar-refractivity contribution in [3.8, 4) is 0 Å². The number of hydrogen-bond donors (Lipinski definition) is 1. The fourth-order valence-electron chi connectivity index (χ4n) is 3.32. The molecule has 1 N–H and O–H groups in total. The number of hydrogen-bond acceptors (Lipinski definition) is 3. The minimum atomic E-state index is 0.588. The van der Waals surface area contributed by atoms with Crippen LogP contribution in [0.25, 0.3) is 0 Å². The predicted molar refractivity (Wildman–Crippen MR) is 71.2 cm³/mol. The van der Waals surface area contributed by atoms with Crippen LogP contribution in [-0.4, -0.2) is 50.3 Å². The first-order valence-corrected chi connectivity index (χ1v) is 7.37. The molecule has 3 heteroatoms. The van der Waals surface area contributed by atoms with Gasteiger partial charge < -0.3 is 15.0 Å². The summed E-state index contributed by atoms with van der Waals surface area (Å²) in [6.07, 6.45) is 4.16. The van der Waals surface area contributed by atoms with E-state index in [0.717, 1.165) is 25.7 Å². The largest absolute Gasteiger partial charge is 0.379 e. The van der Waals surface area contributed by atoms with Gasteiger partial charge in [0.1, 0.15) is 0 Å². The molecule has 100 valence electrons. The van der Waals surface area contributed by atoms with Gasteiger partial charge >= 0.3 is 0 Å². The van der Waals surface area contributed by atoms with Gasteiger partial charge in [0.2, 0.25) is 0 Å². The monoisotopic (exact) mass is 240 g/mol. The van der Waals surface area contributed by atoms with Gasteiger partial charge in [0.05, 0.1) is 13.2 Å². The summed E-state index contributed by atoms with van der Waals surface area (Å²) in [5.74, 6) is 1.66. The normalized spacial score (nSPS) is 34.6. The molecule has 0 aliphatic carbocycles. The molecule has 2 rings (SSSR count). The number of rotatable bonds is 6. The first-order chi connectivity index (χ1) is 8.33. The second kappa shape index (κ2) is 6.72. The molecular weight excluding hydrogens is 212 g/mol. The molecule has 0 aromatic rings. The van der Waals surface area contributed by atoms with Crippen LogP contribution in [0.1, 0.15) is 33.1 Å². The van der Waals surface area contributed by atoms with Gasteiger partial charge in [-0.2, -0.15) is 0 Å². The summed E-state index contributed by atoms with van der Waals surface area (Å²) < 4.78 is 5.62. The summed E-state index contributed by atoms with van der Waals surface area (Å²) >= 11 is 0. The topological polar surface area (TPSA) is 24.5 Å². The van der Waals surface area contributed by atoms with Gasteiger partial charge in [0.25, 0.3) is 0 Å². The Morgan fingerprint density at radius 2 is 2.18 bits per heavy atom. The third-order valence-electron chi connectivity index (χ3n) is 4.22. The van der Waals surface area contributed by atoms with Crippen molar-refractivity contribution in [3.63, 3.8) is 0 Å². The Morgan fingerprint density at radius 3 is 2.94 bits per heavy atom. The summed E-state index contributed by atoms with van der Waals surface area (Å²) in [6.45, 7) is 11.3. The van der Waals surface area contributed by atoms with Crippen molar-refractivity contribution in [2.24, 2.45) is 11.8 Å². The third-order valence-corrected chi connectivity index (χ3v) is 4.22. The van der Waals surface area contributed by atoms with Crippen LogP contribution in [0.2, 0.25) is 0 Å². The Labute approximate surface area is 106 Å². The molecule has 3 unspecified atom stereocenters. The molecule has 0 saturated carbocycles. The van der Waals surface area contributed by atoms with Gasteiger partial charge in [0.15, 0.2) is 0 Å². The van der Waals surface area contributed by atoms with Crippen LogP contribution in [0.5, 0.6) is 0 Å². The lowest BCUT2D eigenvalue weighted by Crippen LogP contribution is -2.41. The number of nitrogens with zero attached hydrogens (tertiary/aromatic N) is 1. The van der Waals surface area contributed by atoms with Crippen molar-refractivity contribution in [3.05, 3.63) is 0 Å². The van der Waals surface area contributed by atoms with Crippen LogP contribution < -0.4 is 5.32 Å². The zero-order valence-electron chi connectivity index (χ0n) is 11.5. The summed E-state index contributed by atoms with van der Waals surface area (Å²) in [6, 6.07) is 0.588. The fraction of sp³-hybridized carbons (Fsp3) is 1.00. The maximum Gasteiger partial charge on any atom is 0.0623 e. The summed E-state index contributed by atoms with van der Waals surface area (Å²) in [5.41, 5.74) is 0. The first-order valence-electron chi connectivity index (χ1n) is 7.37. The van der Waals surface area contributed by atoms with Crippen LogP contribution in [0, 0.1) is 11.8 Å². The molecule has 3 atom stereocenters. The highest BCUT2D eigenvalue weighted by molar-refractivity contribution is 4.85. The van der Waals surface area contributed by atoms with E-state index in [1.54, 1.807) is 0 Å². The maximum atomic E-state index is 5.62. The van der Waals surface area contributed by atoms with Gasteiger partial charge in [-0.05, 0) is 31.8 Å². The molecular formula is C14H28N2O. The minimum Gasteiger partial charge on any atom is -0.379 e. The maximum absolute atomic E-state index is 5.62. The van der Waals surface area contributed by atoms with Crippen molar-refractivity contribution in [2.75, 3.05) is 39.4 Å². The lowest BCUT2D eigenvalue weighted by atomic mass is 10.0. The van der Waals surface area contributed by atoms with Gasteiger partial charge in [-0.25, -0.2) is 0 Å². The van der Waals surface area contributed by atoms with E-state index in [4.69, 9.17) is 4.74 Å². The number of likely N-dealkylation sites (N-methyl/N-ethyl adjacent to an activating group) is 1. The molecule has 0 amide bonds. The highest BCUT2D eigenvalue weighted by Gasteiger charge is 2.31. The molecule has 0 aromatic carbocycles. The molecule has 0 bridgehead atoms. The minimum absolute atomic E-state index is 0.588.